The second-order valence-corrected chi connectivity index (χ2v) is 8.82. The molecule has 0 fully saturated rings. The molecule has 0 aliphatic rings. The molecule has 0 radical (unpaired) electrons. The Kier molecular flexibility index (Phi) is 5.82. The van der Waals surface area contributed by atoms with Crippen molar-refractivity contribution in [3.8, 4) is 28.3 Å². The molecule has 0 amide bonds. The van der Waals surface area contributed by atoms with Crippen LogP contribution in [-0.4, -0.2) is 28.5 Å². The molecule has 1 atom stereocenters. The molecule has 1 unspecified atom stereocenters. The van der Waals surface area contributed by atoms with Crippen LogP contribution in [0.15, 0.2) is 67.1 Å². The lowest BCUT2D eigenvalue weighted by molar-refractivity contribution is 0.164. The summed E-state index contributed by atoms with van der Waals surface area (Å²) in [6, 6.07) is 18.1. The molecule has 2 aromatic carbocycles. The summed E-state index contributed by atoms with van der Waals surface area (Å²) >= 11 is 6.05. The Morgan fingerprint density at radius 2 is 1.68 bits per heavy atom. The highest BCUT2D eigenvalue weighted by molar-refractivity contribution is 6.30. The fraction of sp³-hybridized carbons (Fsp3) is 0.231. The lowest BCUT2D eigenvalue weighted by atomic mass is 10.0. The highest BCUT2D eigenvalue weighted by Gasteiger charge is 2.22. The molecule has 4 rings (SSSR count). The largest absolute Gasteiger partial charge is 0.330 e. The van der Waals surface area contributed by atoms with Gasteiger partial charge in [0.2, 0.25) is 0 Å². The van der Waals surface area contributed by atoms with Crippen LogP contribution in [0.5, 0.6) is 0 Å². The Balaban J connectivity index is 1.92. The van der Waals surface area contributed by atoms with E-state index in [1.54, 1.807) is 0 Å². The van der Waals surface area contributed by atoms with Crippen molar-refractivity contribution in [1.82, 2.24) is 14.5 Å². The van der Waals surface area contributed by atoms with Gasteiger partial charge in [-0.25, -0.2) is 0 Å². The van der Waals surface area contributed by atoms with Gasteiger partial charge in [0.05, 0.1) is 23.3 Å². The number of halogens is 1. The molecule has 0 aliphatic heterocycles. The Morgan fingerprint density at radius 1 is 0.968 bits per heavy atom. The standard InChI is InChI=1S/C26H25ClN4/c1-17(2)26(30(3)4)31-16-24(23-11-18(13-28)5-10-25(23)31)21-12-20(14-29-15-21)19-6-8-22(27)9-7-19/h5-12,14-17,26H,1-4H3. The summed E-state index contributed by atoms with van der Waals surface area (Å²) in [5.74, 6) is 0.410. The van der Waals surface area contributed by atoms with Crippen LogP contribution >= 0.6 is 11.6 Å². The first kappa shape index (κ1) is 21.1. The number of rotatable bonds is 5. The highest BCUT2D eigenvalue weighted by Crippen LogP contribution is 2.36. The second kappa shape index (κ2) is 8.55. The molecule has 156 valence electrons. The zero-order chi connectivity index (χ0) is 22.1. The lowest BCUT2D eigenvalue weighted by Crippen LogP contribution is -2.29. The van der Waals surface area contributed by atoms with Crippen LogP contribution in [0, 0.1) is 17.2 Å². The Hall–Kier alpha value is -3.13. The van der Waals surface area contributed by atoms with Gasteiger partial charge in [0.15, 0.2) is 0 Å². The maximum absolute atomic E-state index is 9.48. The first-order valence-electron chi connectivity index (χ1n) is 10.3. The van der Waals surface area contributed by atoms with E-state index in [0.717, 1.165) is 33.2 Å². The van der Waals surface area contributed by atoms with Crippen molar-refractivity contribution in [3.05, 3.63) is 77.7 Å². The number of hydrogen-bond acceptors (Lipinski definition) is 3. The number of aromatic nitrogens is 2. The first-order chi connectivity index (χ1) is 14.9. The van der Waals surface area contributed by atoms with Gasteiger partial charge in [-0.2, -0.15) is 5.26 Å². The second-order valence-electron chi connectivity index (χ2n) is 8.38. The van der Waals surface area contributed by atoms with E-state index in [0.29, 0.717) is 16.5 Å². The van der Waals surface area contributed by atoms with Crippen LogP contribution in [0.4, 0.5) is 0 Å². The summed E-state index contributed by atoms with van der Waals surface area (Å²) in [7, 11) is 4.20. The number of pyridine rings is 1. The molecular weight excluding hydrogens is 404 g/mol. The number of nitrogens with zero attached hydrogens (tertiary/aromatic N) is 4. The third kappa shape index (κ3) is 4.07. The van der Waals surface area contributed by atoms with Gasteiger partial charge in [0.25, 0.3) is 0 Å². The van der Waals surface area contributed by atoms with Gasteiger partial charge in [-0.15, -0.1) is 0 Å². The minimum atomic E-state index is 0.191. The van der Waals surface area contributed by atoms with E-state index < -0.39 is 0 Å². The van der Waals surface area contributed by atoms with Crippen LogP contribution in [0.3, 0.4) is 0 Å². The number of fused-ring (bicyclic) bond motifs is 1. The predicted octanol–water partition coefficient (Wildman–Crippen LogP) is 6.61. The quantitative estimate of drug-likeness (QED) is 0.359. The van der Waals surface area contributed by atoms with Crippen molar-refractivity contribution in [1.29, 1.82) is 5.26 Å². The molecule has 2 heterocycles. The van der Waals surface area contributed by atoms with Crippen molar-refractivity contribution in [2.45, 2.75) is 20.0 Å². The summed E-state index contributed by atoms with van der Waals surface area (Å²) in [6.07, 6.45) is 6.14. The van der Waals surface area contributed by atoms with Gasteiger partial charge in [0.1, 0.15) is 0 Å². The van der Waals surface area contributed by atoms with E-state index >= 15 is 0 Å². The molecule has 0 aliphatic carbocycles. The molecule has 0 saturated carbocycles. The zero-order valence-corrected chi connectivity index (χ0v) is 18.9. The summed E-state index contributed by atoms with van der Waals surface area (Å²) < 4.78 is 2.31. The summed E-state index contributed by atoms with van der Waals surface area (Å²) in [5, 5.41) is 11.2. The van der Waals surface area contributed by atoms with E-state index in [-0.39, 0.29) is 6.17 Å². The van der Waals surface area contributed by atoms with E-state index in [1.807, 2.05) is 54.9 Å². The molecule has 0 N–H and O–H groups in total. The Bertz CT molecular complexity index is 1260. The van der Waals surface area contributed by atoms with Gasteiger partial charge in [-0.1, -0.05) is 37.6 Å². The number of benzene rings is 2. The van der Waals surface area contributed by atoms with Crippen molar-refractivity contribution < 1.29 is 0 Å². The molecule has 31 heavy (non-hydrogen) atoms. The zero-order valence-electron chi connectivity index (χ0n) is 18.2. The van der Waals surface area contributed by atoms with Crippen LogP contribution in [0.1, 0.15) is 25.6 Å². The van der Waals surface area contributed by atoms with E-state index in [4.69, 9.17) is 11.6 Å². The smallest absolute Gasteiger partial charge is 0.0991 e. The number of nitriles is 1. The summed E-state index contributed by atoms with van der Waals surface area (Å²) in [4.78, 5) is 6.75. The topological polar surface area (TPSA) is 44.9 Å². The average molecular weight is 429 g/mol. The van der Waals surface area contributed by atoms with Crippen LogP contribution in [-0.2, 0) is 0 Å². The highest BCUT2D eigenvalue weighted by atomic mass is 35.5. The maximum Gasteiger partial charge on any atom is 0.0991 e. The first-order valence-corrected chi connectivity index (χ1v) is 10.7. The minimum Gasteiger partial charge on any atom is -0.330 e. The van der Waals surface area contributed by atoms with Gasteiger partial charge in [-0.05, 0) is 62.0 Å². The van der Waals surface area contributed by atoms with Crippen LogP contribution in [0.25, 0.3) is 33.2 Å². The van der Waals surface area contributed by atoms with Crippen molar-refractivity contribution in [3.63, 3.8) is 0 Å². The predicted molar refractivity (Wildman–Crippen MR) is 128 cm³/mol. The van der Waals surface area contributed by atoms with E-state index in [9.17, 15) is 5.26 Å². The Labute approximate surface area is 188 Å². The summed E-state index contributed by atoms with van der Waals surface area (Å²) in [6.45, 7) is 4.45. The van der Waals surface area contributed by atoms with Gasteiger partial charge < -0.3 is 4.57 Å². The average Bonchev–Trinajstić information content (AvgIpc) is 3.12. The van der Waals surface area contributed by atoms with Gasteiger partial charge in [-0.3, -0.25) is 9.88 Å². The van der Waals surface area contributed by atoms with Gasteiger partial charge >= 0.3 is 0 Å². The summed E-state index contributed by atoms with van der Waals surface area (Å²) in [5.41, 5.74) is 5.95. The third-order valence-electron chi connectivity index (χ3n) is 5.60. The van der Waals surface area contributed by atoms with Crippen LogP contribution < -0.4 is 0 Å². The van der Waals surface area contributed by atoms with Crippen LogP contribution in [0.2, 0.25) is 5.02 Å². The minimum absolute atomic E-state index is 0.191. The fourth-order valence-electron chi connectivity index (χ4n) is 4.33. The molecular formula is C26H25ClN4. The number of hydrogen-bond donors (Lipinski definition) is 0. The monoisotopic (exact) mass is 428 g/mol. The van der Waals surface area contributed by atoms with Crippen molar-refractivity contribution >= 4 is 22.5 Å². The Morgan fingerprint density at radius 3 is 2.32 bits per heavy atom. The van der Waals surface area contributed by atoms with E-state index in [1.165, 1.54) is 0 Å². The molecule has 0 spiro atoms. The molecule has 0 saturated heterocycles. The molecule has 2 aromatic heterocycles. The molecule has 4 aromatic rings. The molecule has 4 nitrogen and oxygen atoms in total. The van der Waals surface area contributed by atoms with Crippen molar-refractivity contribution in [2.75, 3.05) is 14.1 Å². The molecule has 0 bridgehead atoms. The SMILES string of the molecule is CC(C)C(N(C)C)n1cc(-c2cncc(-c3ccc(Cl)cc3)c2)c2cc(C#N)ccc21. The maximum atomic E-state index is 9.48. The molecule has 5 heteroatoms. The fourth-order valence-corrected chi connectivity index (χ4v) is 4.45. The third-order valence-corrected chi connectivity index (χ3v) is 5.85. The normalized spacial score (nSPS) is 12.5. The van der Waals surface area contributed by atoms with Crippen molar-refractivity contribution in [2.24, 2.45) is 5.92 Å². The lowest BCUT2D eigenvalue weighted by Gasteiger charge is -2.30. The van der Waals surface area contributed by atoms with E-state index in [2.05, 4.69) is 60.7 Å². The van der Waals surface area contributed by atoms with Gasteiger partial charge in [0, 0.05) is 45.7 Å².